The summed E-state index contributed by atoms with van der Waals surface area (Å²) >= 11 is 0. The van der Waals surface area contributed by atoms with Gasteiger partial charge in [0, 0.05) is 31.2 Å². The van der Waals surface area contributed by atoms with Gasteiger partial charge < -0.3 is 0 Å². The van der Waals surface area contributed by atoms with Crippen LogP contribution in [0.2, 0.25) is 0 Å². The summed E-state index contributed by atoms with van der Waals surface area (Å²) in [6, 6.07) is 0.344. The molecule has 0 radical (unpaired) electrons. The molecule has 0 aliphatic carbocycles. The van der Waals surface area contributed by atoms with Gasteiger partial charge in [-0.1, -0.05) is 26.8 Å². The van der Waals surface area contributed by atoms with Crippen molar-refractivity contribution in [2.24, 2.45) is 5.41 Å². The molecule has 0 fully saturated rings. The van der Waals surface area contributed by atoms with Gasteiger partial charge >= 0.3 is 0 Å². The molecule has 1 unspecified atom stereocenters. The molecular formula is C16H34N2O2S. The second kappa shape index (κ2) is 7.25. The lowest BCUT2D eigenvalue weighted by atomic mass is 9.87. The van der Waals surface area contributed by atoms with E-state index < -0.39 is 15.6 Å². The predicted octanol–water partition coefficient (Wildman–Crippen LogP) is 2.97. The second-order valence-electron chi connectivity index (χ2n) is 7.83. The summed E-state index contributed by atoms with van der Waals surface area (Å²) < 4.78 is 25.6. The van der Waals surface area contributed by atoms with E-state index in [1.807, 2.05) is 26.8 Å². The van der Waals surface area contributed by atoms with E-state index >= 15 is 0 Å². The van der Waals surface area contributed by atoms with Crippen LogP contribution < -0.4 is 0 Å². The quantitative estimate of drug-likeness (QED) is 0.678. The van der Waals surface area contributed by atoms with Gasteiger partial charge in [-0.3, -0.25) is 4.90 Å². The first-order chi connectivity index (χ1) is 9.21. The fourth-order valence-corrected chi connectivity index (χ4v) is 3.78. The highest BCUT2D eigenvalue weighted by atomic mass is 32.2. The van der Waals surface area contributed by atoms with Crippen molar-refractivity contribution >= 4 is 10.0 Å². The van der Waals surface area contributed by atoms with Crippen LogP contribution in [0.3, 0.4) is 0 Å². The lowest BCUT2D eigenvalue weighted by Crippen LogP contribution is -2.51. The molecule has 0 aromatic heterocycles. The van der Waals surface area contributed by atoms with Gasteiger partial charge in [0.1, 0.15) is 0 Å². The molecule has 5 heteroatoms. The molecule has 1 atom stereocenters. The van der Waals surface area contributed by atoms with E-state index in [1.165, 1.54) is 6.26 Å². The van der Waals surface area contributed by atoms with Crippen LogP contribution in [0.15, 0.2) is 12.7 Å². The van der Waals surface area contributed by atoms with Gasteiger partial charge in [-0.05, 0) is 33.1 Å². The maximum absolute atomic E-state index is 12.0. The Labute approximate surface area is 132 Å². The molecule has 126 valence electrons. The van der Waals surface area contributed by atoms with E-state index in [9.17, 15) is 8.42 Å². The van der Waals surface area contributed by atoms with Crippen molar-refractivity contribution in [3.63, 3.8) is 0 Å². The zero-order chi connectivity index (χ0) is 17.1. The molecular weight excluding hydrogens is 284 g/mol. The van der Waals surface area contributed by atoms with Gasteiger partial charge in [-0.15, -0.1) is 6.58 Å². The van der Waals surface area contributed by atoms with Crippen molar-refractivity contribution in [3.8, 4) is 0 Å². The number of sulfonamides is 1. The third kappa shape index (κ3) is 6.94. The Balaban J connectivity index is 5.08. The predicted molar refractivity (Wildman–Crippen MR) is 92.0 cm³/mol. The molecule has 4 nitrogen and oxygen atoms in total. The zero-order valence-electron chi connectivity index (χ0n) is 15.1. The Bertz CT molecular complexity index is 430. The summed E-state index contributed by atoms with van der Waals surface area (Å²) in [5, 5.41) is 0. The molecule has 21 heavy (non-hydrogen) atoms. The SMILES string of the molecule is C=CCN(CCN(C(C)(C)C)S(C)(=O)=O)C(C)C(C)(C)C. The maximum Gasteiger partial charge on any atom is 0.211 e. The van der Waals surface area contributed by atoms with Gasteiger partial charge in [-0.25, -0.2) is 8.42 Å². The summed E-state index contributed by atoms with van der Waals surface area (Å²) in [7, 11) is -3.21. The minimum absolute atomic E-state index is 0.140. The van der Waals surface area contributed by atoms with Crippen LogP contribution in [0.1, 0.15) is 48.5 Å². The molecule has 0 saturated heterocycles. The van der Waals surface area contributed by atoms with Crippen molar-refractivity contribution in [2.75, 3.05) is 25.9 Å². The average Bonchev–Trinajstić information content (AvgIpc) is 2.21. The largest absolute Gasteiger partial charge is 0.295 e. The molecule has 0 saturated carbocycles. The van der Waals surface area contributed by atoms with Crippen LogP contribution in [-0.4, -0.2) is 55.1 Å². The van der Waals surface area contributed by atoms with Crippen LogP contribution in [0.25, 0.3) is 0 Å². The minimum atomic E-state index is -3.21. The number of rotatable bonds is 7. The molecule has 0 heterocycles. The highest BCUT2D eigenvalue weighted by molar-refractivity contribution is 7.88. The zero-order valence-corrected chi connectivity index (χ0v) is 15.9. The lowest BCUT2D eigenvalue weighted by Gasteiger charge is -2.40. The van der Waals surface area contributed by atoms with E-state index in [0.717, 1.165) is 6.54 Å². The van der Waals surface area contributed by atoms with E-state index in [-0.39, 0.29) is 5.41 Å². The third-order valence-corrected chi connectivity index (χ3v) is 5.43. The molecule has 0 bridgehead atoms. The molecule has 0 aliphatic rings. The number of nitrogens with zero attached hydrogens (tertiary/aromatic N) is 2. The fraction of sp³-hybridized carbons (Fsp3) is 0.875. The van der Waals surface area contributed by atoms with Crippen LogP contribution in [0.5, 0.6) is 0 Å². The Hall–Kier alpha value is -0.390. The molecule has 0 spiro atoms. The normalized spacial score (nSPS) is 15.5. The monoisotopic (exact) mass is 318 g/mol. The van der Waals surface area contributed by atoms with E-state index in [2.05, 4.69) is 39.2 Å². The average molecular weight is 319 g/mol. The second-order valence-corrected chi connectivity index (χ2v) is 9.74. The topological polar surface area (TPSA) is 40.6 Å². The maximum atomic E-state index is 12.0. The summed E-state index contributed by atoms with van der Waals surface area (Å²) in [5.74, 6) is 0. The van der Waals surface area contributed by atoms with Crippen LogP contribution in [0.4, 0.5) is 0 Å². The van der Waals surface area contributed by atoms with Gasteiger partial charge in [-0.2, -0.15) is 4.31 Å². The summed E-state index contributed by atoms with van der Waals surface area (Å²) in [5.41, 5.74) is -0.265. The Morgan fingerprint density at radius 1 is 1.10 bits per heavy atom. The first-order valence-corrected chi connectivity index (χ1v) is 9.39. The number of hydrogen-bond donors (Lipinski definition) is 0. The highest BCUT2D eigenvalue weighted by Crippen LogP contribution is 2.24. The van der Waals surface area contributed by atoms with Crippen LogP contribution in [-0.2, 0) is 10.0 Å². The van der Waals surface area contributed by atoms with Crippen molar-refractivity contribution in [1.82, 2.24) is 9.21 Å². The van der Waals surface area contributed by atoms with Gasteiger partial charge in [0.15, 0.2) is 0 Å². The van der Waals surface area contributed by atoms with E-state index in [0.29, 0.717) is 19.1 Å². The Morgan fingerprint density at radius 3 is 1.86 bits per heavy atom. The molecule has 0 aliphatic heterocycles. The lowest BCUT2D eigenvalue weighted by molar-refractivity contribution is 0.110. The standard InChI is InChI=1S/C16H34N2O2S/c1-10-11-17(14(2)15(3,4)5)12-13-18(16(6,7)8)21(9,19)20/h10,14H,1,11-13H2,2-9H3. The number of hydrogen-bond acceptors (Lipinski definition) is 3. The summed E-state index contributed by atoms with van der Waals surface area (Å²) in [4.78, 5) is 2.29. The molecule has 0 aromatic carbocycles. The fourth-order valence-electron chi connectivity index (χ4n) is 2.37. The Morgan fingerprint density at radius 2 is 1.57 bits per heavy atom. The van der Waals surface area contributed by atoms with Crippen molar-refractivity contribution in [2.45, 2.75) is 60.0 Å². The molecule has 0 amide bonds. The van der Waals surface area contributed by atoms with Crippen molar-refractivity contribution in [3.05, 3.63) is 12.7 Å². The van der Waals surface area contributed by atoms with Gasteiger partial charge in [0.2, 0.25) is 10.0 Å². The van der Waals surface area contributed by atoms with Gasteiger partial charge in [0.25, 0.3) is 0 Å². The van der Waals surface area contributed by atoms with Crippen LogP contribution in [0, 0.1) is 5.41 Å². The molecule has 0 N–H and O–H groups in total. The highest BCUT2D eigenvalue weighted by Gasteiger charge is 2.31. The summed E-state index contributed by atoms with van der Waals surface area (Å²) in [6.07, 6.45) is 3.16. The third-order valence-electron chi connectivity index (χ3n) is 3.90. The van der Waals surface area contributed by atoms with Crippen LogP contribution >= 0.6 is 0 Å². The minimum Gasteiger partial charge on any atom is -0.295 e. The summed E-state index contributed by atoms with van der Waals surface area (Å²) in [6.45, 7) is 20.4. The van der Waals surface area contributed by atoms with E-state index in [4.69, 9.17) is 0 Å². The van der Waals surface area contributed by atoms with Gasteiger partial charge in [0.05, 0.1) is 6.26 Å². The molecule has 0 aromatic rings. The smallest absolute Gasteiger partial charge is 0.211 e. The van der Waals surface area contributed by atoms with Crippen molar-refractivity contribution in [1.29, 1.82) is 0 Å². The van der Waals surface area contributed by atoms with Crippen molar-refractivity contribution < 1.29 is 8.42 Å². The van der Waals surface area contributed by atoms with E-state index in [1.54, 1.807) is 4.31 Å². The molecule has 0 rings (SSSR count). The first-order valence-electron chi connectivity index (χ1n) is 7.54. The Kier molecular flexibility index (Phi) is 7.11. The first kappa shape index (κ1) is 20.6.